The monoisotopic (exact) mass is 408 g/mol. The van der Waals surface area contributed by atoms with Crippen molar-refractivity contribution < 1.29 is 9.32 Å². The smallest absolute Gasteiger partial charge is 0.227 e. The highest BCUT2D eigenvalue weighted by molar-refractivity contribution is 5.85. The quantitative estimate of drug-likeness (QED) is 0.676. The summed E-state index contributed by atoms with van der Waals surface area (Å²) in [5.74, 6) is 2.01. The molecule has 0 aliphatic heterocycles. The Morgan fingerprint density at radius 3 is 2.39 bits per heavy atom. The molecule has 0 aliphatic rings. The van der Waals surface area contributed by atoms with Crippen LogP contribution < -0.4 is 5.73 Å². The number of hydrogen-bond donors (Lipinski definition) is 1. The molecule has 0 fully saturated rings. The van der Waals surface area contributed by atoms with E-state index in [1.165, 1.54) is 5.56 Å². The number of hydrogen-bond acceptors (Lipinski definition) is 5. The van der Waals surface area contributed by atoms with Crippen molar-refractivity contribution in [3.05, 3.63) is 35.7 Å². The number of amides is 1. The number of carbonyl (C=O) groups excluding carboxylic acids is 1. The summed E-state index contributed by atoms with van der Waals surface area (Å²) in [6, 6.07) is 8.27. The fraction of sp³-hybridized carbons (Fsp3) is 0.571. The van der Waals surface area contributed by atoms with Gasteiger partial charge in [-0.2, -0.15) is 4.98 Å². The molecule has 0 spiro atoms. The van der Waals surface area contributed by atoms with Crippen LogP contribution in [0.15, 0.2) is 28.8 Å². The molecule has 1 aromatic carbocycles. The number of benzene rings is 1. The van der Waals surface area contributed by atoms with E-state index in [-0.39, 0.29) is 24.4 Å². The van der Waals surface area contributed by atoms with Crippen molar-refractivity contribution in [2.75, 3.05) is 13.6 Å². The molecule has 0 bridgehead atoms. The van der Waals surface area contributed by atoms with Crippen LogP contribution >= 0.6 is 12.4 Å². The van der Waals surface area contributed by atoms with Gasteiger partial charge in [0, 0.05) is 38.0 Å². The highest BCUT2D eigenvalue weighted by Crippen LogP contribution is 2.20. The van der Waals surface area contributed by atoms with Crippen LogP contribution in [0.2, 0.25) is 0 Å². The van der Waals surface area contributed by atoms with Gasteiger partial charge in [-0.05, 0) is 23.8 Å². The van der Waals surface area contributed by atoms with Crippen LogP contribution in [-0.2, 0) is 11.2 Å². The first-order valence-corrected chi connectivity index (χ1v) is 9.70. The Balaban J connectivity index is 0.00000392. The molecule has 1 amide bonds. The van der Waals surface area contributed by atoms with Crippen molar-refractivity contribution in [1.29, 1.82) is 0 Å². The summed E-state index contributed by atoms with van der Waals surface area (Å²) in [6.07, 6.45) is 1.59. The molecule has 1 heterocycles. The predicted molar refractivity (Wildman–Crippen MR) is 114 cm³/mol. The van der Waals surface area contributed by atoms with Crippen LogP contribution in [0.25, 0.3) is 11.4 Å². The van der Waals surface area contributed by atoms with Crippen molar-refractivity contribution >= 4 is 18.3 Å². The molecule has 2 rings (SSSR count). The van der Waals surface area contributed by atoms with Crippen LogP contribution in [-0.4, -0.2) is 40.6 Å². The number of aryl methyl sites for hydroxylation is 1. The normalized spacial score (nSPS) is 12.1. The minimum Gasteiger partial charge on any atom is -0.346 e. The second kappa shape index (κ2) is 11.2. The zero-order chi connectivity index (χ0) is 20.0. The lowest BCUT2D eigenvalue weighted by Gasteiger charge is -2.21. The van der Waals surface area contributed by atoms with Gasteiger partial charge in [-0.3, -0.25) is 4.79 Å². The first-order valence-electron chi connectivity index (χ1n) is 9.70. The lowest BCUT2D eigenvalue weighted by atomic mass is 10.0. The summed E-state index contributed by atoms with van der Waals surface area (Å²) < 4.78 is 5.30. The Kier molecular flexibility index (Phi) is 9.62. The zero-order valence-electron chi connectivity index (χ0n) is 17.5. The molecule has 7 heteroatoms. The molecule has 1 atom stereocenters. The van der Waals surface area contributed by atoms with Crippen LogP contribution in [0.5, 0.6) is 0 Å². The minimum atomic E-state index is 0. The Labute approximate surface area is 174 Å². The largest absolute Gasteiger partial charge is 0.346 e. The zero-order valence-corrected chi connectivity index (χ0v) is 18.3. The molecule has 28 heavy (non-hydrogen) atoms. The molecule has 2 aromatic rings. The Bertz CT molecular complexity index is 728. The molecule has 0 aliphatic carbocycles. The topological polar surface area (TPSA) is 85.2 Å². The van der Waals surface area contributed by atoms with Gasteiger partial charge in [0.1, 0.15) is 0 Å². The van der Waals surface area contributed by atoms with Gasteiger partial charge in [-0.25, -0.2) is 0 Å². The third-order valence-corrected chi connectivity index (χ3v) is 4.94. The van der Waals surface area contributed by atoms with Crippen LogP contribution in [0.1, 0.15) is 57.9 Å². The molecule has 0 saturated carbocycles. The number of nitrogens with zero attached hydrogens (tertiary/aromatic N) is 3. The van der Waals surface area contributed by atoms with Gasteiger partial charge in [-0.15, -0.1) is 12.4 Å². The third-order valence-electron chi connectivity index (χ3n) is 4.94. The molecular weight excluding hydrogens is 376 g/mol. The average Bonchev–Trinajstić information content (AvgIpc) is 3.12. The lowest BCUT2D eigenvalue weighted by molar-refractivity contribution is -0.130. The van der Waals surface area contributed by atoms with E-state index in [2.05, 4.69) is 50.0 Å². The molecular formula is C21H33ClN4O2. The van der Waals surface area contributed by atoms with E-state index in [0.29, 0.717) is 42.9 Å². The van der Waals surface area contributed by atoms with Gasteiger partial charge >= 0.3 is 0 Å². The van der Waals surface area contributed by atoms with Gasteiger partial charge in [0.05, 0.1) is 0 Å². The summed E-state index contributed by atoms with van der Waals surface area (Å²) >= 11 is 0. The Hall–Kier alpha value is -1.92. The first kappa shape index (κ1) is 24.1. The van der Waals surface area contributed by atoms with Gasteiger partial charge in [0.15, 0.2) is 0 Å². The maximum Gasteiger partial charge on any atom is 0.227 e. The summed E-state index contributed by atoms with van der Waals surface area (Å²) in [6.45, 7) is 9.17. The van der Waals surface area contributed by atoms with Crippen LogP contribution in [0, 0.1) is 5.92 Å². The SMILES string of the molecule is CC(C)c1ccc(-c2noc(CCC(=O)N(C)CCC(N)C(C)C)n2)cc1.Cl. The Morgan fingerprint density at radius 1 is 1.18 bits per heavy atom. The van der Waals surface area contributed by atoms with E-state index in [1.54, 1.807) is 4.90 Å². The minimum absolute atomic E-state index is 0. The highest BCUT2D eigenvalue weighted by Gasteiger charge is 2.15. The van der Waals surface area contributed by atoms with E-state index >= 15 is 0 Å². The second-order valence-corrected chi connectivity index (χ2v) is 7.80. The van der Waals surface area contributed by atoms with E-state index in [4.69, 9.17) is 10.3 Å². The summed E-state index contributed by atoms with van der Waals surface area (Å²) in [4.78, 5) is 18.4. The average molecular weight is 409 g/mol. The van der Waals surface area contributed by atoms with E-state index in [1.807, 2.05) is 19.2 Å². The summed E-state index contributed by atoms with van der Waals surface area (Å²) in [7, 11) is 1.81. The van der Waals surface area contributed by atoms with Crippen molar-refractivity contribution in [3.8, 4) is 11.4 Å². The molecule has 1 aromatic heterocycles. The molecule has 2 N–H and O–H groups in total. The molecule has 6 nitrogen and oxygen atoms in total. The van der Waals surface area contributed by atoms with Gasteiger partial charge in [0.25, 0.3) is 0 Å². The van der Waals surface area contributed by atoms with E-state index in [9.17, 15) is 4.79 Å². The van der Waals surface area contributed by atoms with E-state index < -0.39 is 0 Å². The van der Waals surface area contributed by atoms with Crippen molar-refractivity contribution in [2.45, 2.75) is 58.9 Å². The second-order valence-electron chi connectivity index (χ2n) is 7.80. The van der Waals surface area contributed by atoms with Gasteiger partial charge in [-0.1, -0.05) is 57.1 Å². The van der Waals surface area contributed by atoms with Crippen molar-refractivity contribution in [3.63, 3.8) is 0 Å². The number of halogens is 1. The number of carbonyl (C=O) groups is 1. The Morgan fingerprint density at radius 2 is 1.82 bits per heavy atom. The standard InChI is InChI=1S/C21H32N4O2.ClH/c1-14(2)16-6-8-17(9-7-16)21-23-19(27-24-21)10-11-20(26)25(5)13-12-18(22)15(3)4;/h6-9,14-15,18H,10-13,22H2,1-5H3;1H. The van der Waals surface area contributed by atoms with Gasteiger partial charge < -0.3 is 15.2 Å². The third kappa shape index (κ3) is 6.91. The van der Waals surface area contributed by atoms with Crippen LogP contribution in [0.3, 0.4) is 0 Å². The van der Waals surface area contributed by atoms with E-state index in [0.717, 1.165) is 12.0 Å². The van der Waals surface area contributed by atoms with Crippen molar-refractivity contribution in [2.24, 2.45) is 11.7 Å². The fourth-order valence-electron chi connectivity index (χ4n) is 2.70. The lowest BCUT2D eigenvalue weighted by Crippen LogP contribution is -2.34. The molecule has 156 valence electrons. The molecule has 1 unspecified atom stereocenters. The fourth-order valence-corrected chi connectivity index (χ4v) is 2.70. The predicted octanol–water partition coefficient (Wildman–Crippen LogP) is 4.05. The number of aromatic nitrogens is 2. The van der Waals surface area contributed by atoms with Gasteiger partial charge in [0.2, 0.25) is 17.6 Å². The maximum atomic E-state index is 12.3. The molecule has 0 saturated heterocycles. The maximum absolute atomic E-state index is 12.3. The number of nitrogens with two attached hydrogens (primary N) is 1. The van der Waals surface area contributed by atoms with Crippen LogP contribution in [0.4, 0.5) is 0 Å². The number of rotatable bonds is 9. The van der Waals surface area contributed by atoms with Crippen molar-refractivity contribution in [1.82, 2.24) is 15.0 Å². The summed E-state index contributed by atoms with van der Waals surface area (Å²) in [5.41, 5.74) is 8.23. The summed E-state index contributed by atoms with van der Waals surface area (Å²) in [5, 5.41) is 4.04. The first-order chi connectivity index (χ1) is 12.8. The highest BCUT2D eigenvalue weighted by atomic mass is 35.5. The molecule has 0 radical (unpaired) electrons.